The van der Waals surface area contributed by atoms with Crippen LogP contribution in [0.25, 0.3) is 0 Å². The zero-order chi connectivity index (χ0) is 13.8. The van der Waals surface area contributed by atoms with Gasteiger partial charge in [-0.1, -0.05) is 23.8 Å². The van der Waals surface area contributed by atoms with Crippen LogP contribution in [0.5, 0.6) is 0 Å². The third kappa shape index (κ3) is 3.92. The minimum absolute atomic E-state index is 0.167. The molecule has 1 saturated carbocycles. The standard InChI is InChI=1S/C14H19N3OS/c1-9-2-5-12(11(8-9)13(15)19)16-6-7-17-14(18)10-3-4-10/h2,5,8,10,16H,3-4,6-7H2,1H3,(H2,15,19)(H,17,18). The summed E-state index contributed by atoms with van der Waals surface area (Å²) >= 11 is 5.04. The van der Waals surface area contributed by atoms with Gasteiger partial charge in [0.25, 0.3) is 0 Å². The molecule has 0 bridgehead atoms. The average molecular weight is 277 g/mol. The van der Waals surface area contributed by atoms with Crippen molar-refractivity contribution < 1.29 is 4.79 Å². The molecule has 1 aromatic carbocycles. The molecule has 4 nitrogen and oxygen atoms in total. The van der Waals surface area contributed by atoms with Crippen molar-refractivity contribution in [3.05, 3.63) is 29.3 Å². The predicted octanol–water partition coefficient (Wildman–Crippen LogP) is 1.57. The Labute approximate surface area is 118 Å². The van der Waals surface area contributed by atoms with E-state index in [0.717, 1.165) is 29.7 Å². The van der Waals surface area contributed by atoms with E-state index < -0.39 is 0 Å². The van der Waals surface area contributed by atoms with Crippen LogP contribution in [0.4, 0.5) is 5.69 Å². The fourth-order valence-electron chi connectivity index (χ4n) is 1.89. The molecule has 0 aliphatic heterocycles. The third-order valence-corrected chi connectivity index (χ3v) is 3.35. The molecule has 1 aromatic rings. The number of anilines is 1. The van der Waals surface area contributed by atoms with Gasteiger partial charge in [-0.3, -0.25) is 4.79 Å². The predicted molar refractivity (Wildman–Crippen MR) is 81.3 cm³/mol. The molecule has 1 aliphatic carbocycles. The largest absolute Gasteiger partial charge is 0.389 e. The molecule has 0 unspecified atom stereocenters. The first-order valence-electron chi connectivity index (χ1n) is 6.50. The van der Waals surface area contributed by atoms with Crippen LogP contribution in [-0.2, 0) is 4.79 Å². The van der Waals surface area contributed by atoms with Crippen molar-refractivity contribution >= 4 is 28.8 Å². The third-order valence-electron chi connectivity index (χ3n) is 3.13. The number of nitrogens with two attached hydrogens (primary N) is 1. The van der Waals surface area contributed by atoms with Gasteiger partial charge >= 0.3 is 0 Å². The van der Waals surface area contributed by atoms with Crippen LogP contribution in [0.1, 0.15) is 24.0 Å². The summed E-state index contributed by atoms with van der Waals surface area (Å²) < 4.78 is 0. The van der Waals surface area contributed by atoms with Gasteiger partial charge in [0.2, 0.25) is 5.91 Å². The Morgan fingerprint density at radius 3 is 2.79 bits per heavy atom. The van der Waals surface area contributed by atoms with Crippen LogP contribution in [0.2, 0.25) is 0 Å². The van der Waals surface area contributed by atoms with Crippen molar-refractivity contribution in [1.82, 2.24) is 5.32 Å². The monoisotopic (exact) mass is 277 g/mol. The lowest BCUT2D eigenvalue weighted by molar-refractivity contribution is -0.122. The van der Waals surface area contributed by atoms with Crippen LogP contribution in [0.3, 0.4) is 0 Å². The molecule has 102 valence electrons. The number of aryl methyl sites for hydroxylation is 1. The number of carbonyl (C=O) groups is 1. The number of hydrogen-bond acceptors (Lipinski definition) is 3. The molecule has 1 fully saturated rings. The van der Waals surface area contributed by atoms with Gasteiger partial charge in [0.15, 0.2) is 0 Å². The minimum Gasteiger partial charge on any atom is -0.389 e. The Hall–Kier alpha value is -1.62. The van der Waals surface area contributed by atoms with Gasteiger partial charge in [-0.15, -0.1) is 0 Å². The zero-order valence-corrected chi connectivity index (χ0v) is 11.8. The average Bonchev–Trinajstić information content (AvgIpc) is 3.19. The van der Waals surface area contributed by atoms with Crippen LogP contribution in [0.15, 0.2) is 18.2 Å². The lowest BCUT2D eigenvalue weighted by atomic mass is 10.1. The molecule has 0 saturated heterocycles. The highest BCUT2D eigenvalue weighted by Crippen LogP contribution is 2.28. The Balaban J connectivity index is 1.84. The number of benzene rings is 1. The SMILES string of the molecule is Cc1ccc(NCCNC(=O)C2CC2)c(C(N)=S)c1. The Kier molecular flexibility index (Phi) is 4.37. The van der Waals surface area contributed by atoms with E-state index in [-0.39, 0.29) is 11.8 Å². The van der Waals surface area contributed by atoms with E-state index in [2.05, 4.69) is 10.6 Å². The summed E-state index contributed by atoms with van der Waals surface area (Å²) in [4.78, 5) is 11.8. The molecule has 1 aliphatic rings. The van der Waals surface area contributed by atoms with Gasteiger partial charge in [0.1, 0.15) is 4.99 Å². The van der Waals surface area contributed by atoms with Crippen molar-refractivity contribution in [2.75, 3.05) is 18.4 Å². The van der Waals surface area contributed by atoms with Gasteiger partial charge in [0.05, 0.1) is 0 Å². The van der Waals surface area contributed by atoms with Gasteiger partial charge in [-0.25, -0.2) is 0 Å². The van der Waals surface area contributed by atoms with Crippen molar-refractivity contribution in [2.24, 2.45) is 11.7 Å². The summed E-state index contributed by atoms with van der Waals surface area (Å²) in [5.41, 5.74) is 8.59. The van der Waals surface area contributed by atoms with Crippen LogP contribution >= 0.6 is 12.2 Å². The molecule has 0 spiro atoms. The maximum atomic E-state index is 11.5. The van der Waals surface area contributed by atoms with Crippen molar-refractivity contribution in [3.63, 3.8) is 0 Å². The fraction of sp³-hybridized carbons (Fsp3) is 0.429. The molecule has 1 amide bonds. The second-order valence-corrected chi connectivity index (χ2v) is 5.35. The van der Waals surface area contributed by atoms with E-state index in [1.54, 1.807) is 0 Å². The number of nitrogens with one attached hydrogen (secondary N) is 2. The molecule has 0 atom stereocenters. The first-order valence-corrected chi connectivity index (χ1v) is 6.91. The van der Waals surface area contributed by atoms with E-state index in [1.165, 1.54) is 0 Å². The maximum Gasteiger partial charge on any atom is 0.223 e. The van der Waals surface area contributed by atoms with Gasteiger partial charge in [-0.2, -0.15) is 0 Å². The van der Waals surface area contributed by atoms with E-state index in [1.807, 2.05) is 25.1 Å². The molecule has 2 rings (SSSR count). The smallest absolute Gasteiger partial charge is 0.223 e. The highest BCUT2D eigenvalue weighted by atomic mass is 32.1. The Bertz CT molecular complexity index is 497. The summed E-state index contributed by atoms with van der Waals surface area (Å²) in [6, 6.07) is 5.94. The first kappa shape index (κ1) is 13.8. The van der Waals surface area contributed by atoms with Gasteiger partial charge < -0.3 is 16.4 Å². The van der Waals surface area contributed by atoms with E-state index in [9.17, 15) is 4.79 Å². The molecular formula is C14H19N3OS. The van der Waals surface area contributed by atoms with E-state index in [0.29, 0.717) is 18.1 Å². The maximum absolute atomic E-state index is 11.5. The number of thiocarbonyl (C=S) groups is 1. The second-order valence-electron chi connectivity index (χ2n) is 4.91. The number of rotatable bonds is 6. The summed E-state index contributed by atoms with van der Waals surface area (Å²) in [6.07, 6.45) is 2.06. The molecule has 4 N–H and O–H groups in total. The normalized spacial score (nSPS) is 13.9. The van der Waals surface area contributed by atoms with Gasteiger partial charge in [-0.05, 0) is 31.9 Å². The highest BCUT2D eigenvalue weighted by Gasteiger charge is 2.28. The van der Waals surface area contributed by atoms with E-state index >= 15 is 0 Å². The number of carbonyl (C=O) groups excluding carboxylic acids is 1. The quantitative estimate of drug-likeness (QED) is 0.545. The lowest BCUT2D eigenvalue weighted by Gasteiger charge is -2.12. The van der Waals surface area contributed by atoms with Crippen LogP contribution in [-0.4, -0.2) is 24.0 Å². The fourth-order valence-corrected chi connectivity index (χ4v) is 2.06. The first-order chi connectivity index (χ1) is 9.08. The number of amides is 1. The molecule has 5 heteroatoms. The summed E-state index contributed by atoms with van der Waals surface area (Å²) in [7, 11) is 0. The number of hydrogen-bond donors (Lipinski definition) is 3. The Morgan fingerprint density at radius 2 is 2.16 bits per heavy atom. The second kappa shape index (κ2) is 6.02. The topological polar surface area (TPSA) is 67.1 Å². The summed E-state index contributed by atoms with van der Waals surface area (Å²) in [5.74, 6) is 0.423. The van der Waals surface area contributed by atoms with Crippen LogP contribution < -0.4 is 16.4 Å². The van der Waals surface area contributed by atoms with Crippen molar-refractivity contribution in [2.45, 2.75) is 19.8 Å². The minimum atomic E-state index is 0.167. The molecular weight excluding hydrogens is 258 g/mol. The molecule has 0 radical (unpaired) electrons. The molecule has 0 heterocycles. The van der Waals surface area contributed by atoms with Gasteiger partial charge in [0, 0.05) is 30.3 Å². The zero-order valence-electron chi connectivity index (χ0n) is 11.0. The van der Waals surface area contributed by atoms with E-state index in [4.69, 9.17) is 18.0 Å². The lowest BCUT2D eigenvalue weighted by Crippen LogP contribution is -2.30. The summed E-state index contributed by atoms with van der Waals surface area (Å²) in [6.45, 7) is 3.28. The summed E-state index contributed by atoms with van der Waals surface area (Å²) in [5, 5.41) is 6.16. The van der Waals surface area contributed by atoms with Crippen molar-refractivity contribution in [3.8, 4) is 0 Å². The Morgan fingerprint density at radius 1 is 1.42 bits per heavy atom. The highest BCUT2D eigenvalue weighted by molar-refractivity contribution is 7.80. The van der Waals surface area contributed by atoms with Crippen molar-refractivity contribution in [1.29, 1.82) is 0 Å². The molecule has 0 aromatic heterocycles. The van der Waals surface area contributed by atoms with Crippen LogP contribution in [0, 0.1) is 12.8 Å². The molecule has 19 heavy (non-hydrogen) atoms.